The Morgan fingerprint density at radius 2 is 2.06 bits per heavy atom. The van der Waals surface area contributed by atoms with Crippen LogP contribution in [0.15, 0.2) is 30.5 Å². The summed E-state index contributed by atoms with van der Waals surface area (Å²) in [4.78, 5) is 17.5. The number of aromatic nitrogens is 3. The molecule has 1 aromatic carbocycles. The second-order valence-corrected chi connectivity index (χ2v) is 8.23. The number of nitrogens with zero attached hydrogens (tertiary/aromatic N) is 3. The number of fused-ring (bicyclic) bond motifs is 2. The van der Waals surface area contributed by atoms with Gasteiger partial charge in [-0.1, -0.05) is 26.8 Å². The van der Waals surface area contributed by atoms with Crippen LogP contribution in [-0.4, -0.2) is 47.3 Å². The van der Waals surface area contributed by atoms with Crippen LogP contribution >= 0.6 is 0 Å². The van der Waals surface area contributed by atoms with Crippen molar-refractivity contribution in [1.29, 1.82) is 0 Å². The van der Waals surface area contributed by atoms with Gasteiger partial charge in [-0.3, -0.25) is 4.79 Å². The van der Waals surface area contributed by atoms with Crippen LogP contribution in [0.1, 0.15) is 37.6 Å². The molecule has 0 radical (unpaired) electrons. The van der Waals surface area contributed by atoms with Crippen LogP contribution in [0.4, 0.5) is 17.3 Å². The molecular formula is C22H28N6O3. The first-order valence-electron chi connectivity index (χ1n) is 10.4. The molecule has 1 aliphatic heterocycles. The minimum Gasteiger partial charge on any atom is -0.486 e. The largest absolute Gasteiger partial charge is 0.486 e. The zero-order valence-corrected chi connectivity index (χ0v) is 18.3. The third-order valence-electron chi connectivity index (χ3n) is 5.49. The Labute approximate surface area is 181 Å². The van der Waals surface area contributed by atoms with E-state index in [1.807, 2.05) is 24.3 Å². The van der Waals surface area contributed by atoms with Gasteiger partial charge < -0.3 is 25.4 Å². The van der Waals surface area contributed by atoms with E-state index in [9.17, 15) is 4.79 Å². The van der Waals surface area contributed by atoms with E-state index in [1.165, 1.54) is 0 Å². The van der Waals surface area contributed by atoms with Crippen LogP contribution in [0.2, 0.25) is 0 Å². The first-order valence-corrected chi connectivity index (χ1v) is 10.4. The first-order chi connectivity index (χ1) is 14.9. The predicted octanol–water partition coefficient (Wildman–Crippen LogP) is 3.45. The van der Waals surface area contributed by atoms with Gasteiger partial charge in [0.05, 0.1) is 11.9 Å². The van der Waals surface area contributed by atoms with E-state index in [-0.39, 0.29) is 11.3 Å². The smallest absolute Gasteiger partial charge is 0.256 e. The van der Waals surface area contributed by atoms with Gasteiger partial charge in [0.2, 0.25) is 0 Å². The summed E-state index contributed by atoms with van der Waals surface area (Å²) in [6, 6.07) is 7.48. The van der Waals surface area contributed by atoms with Crippen LogP contribution in [-0.2, 0) is 0 Å². The molecule has 0 bridgehead atoms. The molecular weight excluding hydrogens is 396 g/mol. The predicted molar refractivity (Wildman–Crippen MR) is 120 cm³/mol. The molecule has 3 N–H and O–H groups in total. The number of benzene rings is 1. The lowest BCUT2D eigenvalue weighted by atomic mass is 9.90. The number of nitrogens with one attached hydrogen (secondary N) is 3. The Hall–Kier alpha value is -3.49. The molecule has 9 nitrogen and oxygen atoms in total. The fourth-order valence-corrected chi connectivity index (χ4v) is 3.22. The zero-order chi connectivity index (χ0) is 22.0. The summed E-state index contributed by atoms with van der Waals surface area (Å²) in [6.07, 6.45) is 2.51. The Kier molecular flexibility index (Phi) is 5.58. The van der Waals surface area contributed by atoms with Gasteiger partial charge in [0.25, 0.3) is 5.91 Å². The number of anilines is 3. The highest BCUT2D eigenvalue weighted by Gasteiger charge is 2.21. The Morgan fingerprint density at radius 3 is 2.84 bits per heavy atom. The summed E-state index contributed by atoms with van der Waals surface area (Å²) in [5.74, 6) is 2.39. The summed E-state index contributed by atoms with van der Waals surface area (Å²) in [5.41, 5.74) is 1.64. The standard InChI is InChI=1S/C22H28N6O3/c1-5-22(2,3)13-24-21(29)14-12-25-28-18(23-4)11-17(27-20(14)28)26-15-7-6-8-16-19(15)31-10-9-30-16/h6-8,11-12,23H,5,9-10,13H2,1-4H3,(H,24,29)(H,26,27). The van der Waals surface area contributed by atoms with E-state index in [1.54, 1.807) is 17.8 Å². The molecule has 164 valence electrons. The lowest BCUT2D eigenvalue weighted by Gasteiger charge is -2.22. The molecule has 0 aliphatic carbocycles. The number of ether oxygens (including phenoxy) is 2. The maximum Gasteiger partial charge on any atom is 0.256 e. The van der Waals surface area contributed by atoms with Gasteiger partial charge in [-0.15, -0.1) is 0 Å². The maximum atomic E-state index is 12.9. The van der Waals surface area contributed by atoms with Gasteiger partial charge in [0.1, 0.15) is 30.4 Å². The highest BCUT2D eigenvalue weighted by atomic mass is 16.6. The molecule has 0 unspecified atom stereocenters. The topological polar surface area (TPSA) is 102 Å². The maximum absolute atomic E-state index is 12.9. The normalized spacial score (nSPS) is 13.2. The van der Waals surface area contributed by atoms with E-state index in [4.69, 9.17) is 9.47 Å². The highest BCUT2D eigenvalue weighted by molar-refractivity contribution is 6.00. The van der Waals surface area contributed by atoms with E-state index in [0.717, 1.165) is 12.1 Å². The number of hydrogen-bond acceptors (Lipinski definition) is 7. The van der Waals surface area contributed by atoms with Gasteiger partial charge in [0.15, 0.2) is 17.1 Å². The SMILES string of the molecule is CCC(C)(C)CNC(=O)c1cnn2c(NC)cc(Nc3cccc4c3OCCO4)nc12. The van der Waals surface area contributed by atoms with E-state index in [2.05, 4.69) is 46.8 Å². The molecule has 1 amide bonds. The quantitative estimate of drug-likeness (QED) is 0.534. The second kappa shape index (κ2) is 8.33. The zero-order valence-electron chi connectivity index (χ0n) is 18.3. The van der Waals surface area contributed by atoms with Crippen LogP contribution in [0, 0.1) is 5.41 Å². The van der Waals surface area contributed by atoms with Crippen molar-refractivity contribution < 1.29 is 14.3 Å². The summed E-state index contributed by atoms with van der Waals surface area (Å²) >= 11 is 0. The Balaban J connectivity index is 1.67. The molecule has 0 saturated carbocycles. The highest BCUT2D eigenvalue weighted by Crippen LogP contribution is 2.38. The lowest BCUT2D eigenvalue weighted by Crippen LogP contribution is -2.33. The van der Waals surface area contributed by atoms with Crippen molar-refractivity contribution in [3.8, 4) is 11.5 Å². The number of carbonyl (C=O) groups excluding carboxylic acids is 1. The molecule has 0 atom stereocenters. The lowest BCUT2D eigenvalue weighted by molar-refractivity contribution is 0.0937. The van der Waals surface area contributed by atoms with Crippen molar-refractivity contribution >= 4 is 28.9 Å². The summed E-state index contributed by atoms with van der Waals surface area (Å²) in [6.45, 7) is 7.93. The number of carbonyl (C=O) groups is 1. The van der Waals surface area contributed by atoms with Crippen molar-refractivity contribution in [1.82, 2.24) is 19.9 Å². The fourth-order valence-electron chi connectivity index (χ4n) is 3.22. The molecule has 31 heavy (non-hydrogen) atoms. The summed E-state index contributed by atoms with van der Waals surface area (Å²) in [7, 11) is 1.80. The van der Waals surface area contributed by atoms with Gasteiger partial charge >= 0.3 is 0 Å². The van der Waals surface area contributed by atoms with Gasteiger partial charge in [0, 0.05) is 19.7 Å². The van der Waals surface area contributed by atoms with E-state index < -0.39 is 0 Å². The molecule has 3 aromatic rings. The summed E-state index contributed by atoms with van der Waals surface area (Å²) < 4.78 is 13.0. The molecule has 3 heterocycles. The van der Waals surface area contributed by atoms with Crippen LogP contribution in [0.25, 0.3) is 5.65 Å². The molecule has 0 saturated heterocycles. The van der Waals surface area contributed by atoms with Crippen LogP contribution in [0.5, 0.6) is 11.5 Å². The average Bonchev–Trinajstić information content (AvgIpc) is 3.21. The van der Waals surface area contributed by atoms with Crippen molar-refractivity contribution in [3.05, 3.63) is 36.0 Å². The molecule has 4 rings (SSSR count). The molecule has 0 spiro atoms. The van der Waals surface area contributed by atoms with Gasteiger partial charge in [-0.25, -0.2) is 4.98 Å². The van der Waals surface area contributed by atoms with Crippen molar-refractivity contribution in [3.63, 3.8) is 0 Å². The second-order valence-electron chi connectivity index (χ2n) is 8.23. The third-order valence-corrected chi connectivity index (χ3v) is 5.49. The minimum absolute atomic E-state index is 0.0172. The number of rotatable bonds is 7. The number of para-hydroxylation sites is 1. The molecule has 1 aliphatic rings. The van der Waals surface area contributed by atoms with E-state index in [0.29, 0.717) is 54.1 Å². The van der Waals surface area contributed by atoms with Crippen LogP contribution < -0.4 is 25.4 Å². The minimum atomic E-state index is -0.197. The van der Waals surface area contributed by atoms with Crippen molar-refractivity contribution in [2.45, 2.75) is 27.2 Å². The molecule has 9 heteroatoms. The Morgan fingerprint density at radius 1 is 1.26 bits per heavy atom. The molecule has 0 fully saturated rings. The Bertz CT molecular complexity index is 1110. The number of hydrogen-bond donors (Lipinski definition) is 3. The number of amides is 1. The van der Waals surface area contributed by atoms with Crippen molar-refractivity contribution in [2.24, 2.45) is 5.41 Å². The fraction of sp³-hybridized carbons (Fsp3) is 0.409. The van der Waals surface area contributed by atoms with Gasteiger partial charge in [-0.2, -0.15) is 9.61 Å². The first kappa shape index (κ1) is 20.8. The van der Waals surface area contributed by atoms with E-state index >= 15 is 0 Å². The third kappa shape index (κ3) is 4.21. The summed E-state index contributed by atoms with van der Waals surface area (Å²) in [5, 5.41) is 13.8. The van der Waals surface area contributed by atoms with Crippen LogP contribution in [0.3, 0.4) is 0 Å². The monoisotopic (exact) mass is 424 g/mol. The van der Waals surface area contributed by atoms with Gasteiger partial charge in [-0.05, 0) is 24.0 Å². The van der Waals surface area contributed by atoms with Crippen molar-refractivity contribution in [2.75, 3.05) is 37.4 Å². The molecule has 2 aromatic heterocycles. The average molecular weight is 425 g/mol.